The molecule has 0 aliphatic carbocycles. The number of Topliss-reactive ketones (excluding diaryl/α,β-unsaturated/α-hetero) is 1. The Morgan fingerprint density at radius 2 is 1.93 bits per heavy atom. The lowest BCUT2D eigenvalue weighted by atomic mass is 10.0. The van der Waals surface area contributed by atoms with Gasteiger partial charge in [-0.3, -0.25) is 9.59 Å². The van der Waals surface area contributed by atoms with Crippen molar-refractivity contribution in [1.82, 2.24) is 9.88 Å². The SMILES string of the molecule is COC(=O)c1c(C)[nH]c(C(=O)[C@H](C)[NH+]2CCN(C(=O)c3ccco3)CC2)c1C. The number of carbonyl (C=O) groups excluding carboxylic acids is 3. The Labute approximate surface area is 163 Å². The first-order valence-electron chi connectivity index (χ1n) is 9.34. The number of nitrogens with one attached hydrogen (secondary N) is 2. The van der Waals surface area contributed by atoms with Crippen LogP contribution in [0.5, 0.6) is 0 Å². The predicted octanol–water partition coefficient (Wildman–Crippen LogP) is 0.623. The van der Waals surface area contributed by atoms with Crippen LogP contribution in [-0.4, -0.2) is 66.9 Å². The first-order chi connectivity index (χ1) is 13.3. The summed E-state index contributed by atoms with van der Waals surface area (Å²) in [5.41, 5.74) is 2.12. The van der Waals surface area contributed by atoms with E-state index in [0.717, 1.165) is 4.90 Å². The van der Waals surface area contributed by atoms with E-state index in [2.05, 4.69) is 4.98 Å². The highest BCUT2D eigenvalue weighted by Crippen LogP contribution is 2.20. The average molecular weight is 388 g/mol. The fourth-order valence-electron chi connectivity index (χ4n) is 3.79. The third-order valence-corrected chi connectivity index (χ3v) is 5.50. The number of amides is 1. The number of carbonyl (C=O) groups is 3. The highest BCUT2D eigenvalue weighted by molar-refractivity contribution is 6.03. The number of hydrogen-bond acceptors (Lipinski definition) is 5. The Morgan fingerprint density at radius 1 is 1.25 bits per heavy atom. The number of aromatic amines is 1. The summed E-state index contributed by atoms with van der Waals surface area (Å²) in [6.07, 6.45) is 1.48. The number of methoxy groups -OCH3 is 1. The number of aryl methyl sites for hydroxylation is 1. The molecule has 28 heavy (non-hydrogen) atoms. The van der Waals surface area contributed by atoms with Crippen LogP contribution in [0.25, 0.3) is 0 Å². The number of ether oxygens (including phenoxy) is 1. The number of piperazine rings is 1. The third kappa shape index (κ3) is 3.60. The molecule has 8 heteroatoms. The monoisotopic (exact) mass is 388 g/mol. The molecule has 0 saturated carbocycles. The van der Waals surface area contributed by atoms with Gasteiger partial charge >= 0.3 is 5.97 Å². The third-order valence-electron chi connectivity index (χ3n) is 5.50. The number of esters is 1. The molecule has 3 heterocycles. The standard InChI is InChI=1S/C20H25N3O5/c1-12-16(20(26)27-4)13(2)21-17(12)18(24)14(3)22-7-9-23(10-8-22)19(25)15-6-5-11-28-15/h5-6,11,14,21H,7-10H2,1-4H3/p+1/t14-/m0/s1. The number of aromatic nitrogens is 1. The average Bonchev–Trinajstić information content (AvgIpc) is 3.34. The zero-order chi connectivity index (χ0) is 20.4. The van der Waals surface area contributed by atoms with Gasteiger partial charge in [-0.15, -0.1) is 0 Å². The first kappa shape index (κ1) is 19.9. The number of H-pyrrole nitrogens is 1. The van der Waals surface area contributed by atoms with Crippen molar-refractivity contribution in [2.45, 2.75) is 26.8 Å². The summed E-state index contributed by atoms with van der Waals surface area (Å²) in [5, 5.41) is 0. The molecule has 2 N–H and O–H groups in total. The quantitative estimate of drug-likeness (QED) is 0.578. The lowest BCUT2D eigenvalue weighted by Crippen LogP contribution is -3.18. The van der Waals surface area contributed by atoms with Gasteiger partial charge in [-0.2, -0.15) is 0 Å². The lowest BCUT2D eigenvalue weighted by Gasteiger charge is -2.34. The molecule has 8 nitrogen and oxygen atoms in total. The van der Waals surface area contributed by atoms with Crippen molar-refractivity contribution in [2.24, 2.45) is 0 Å². The Bertz CT molecular complexity index is 876. The Morgan fingerprint density at radius 3 is 2.50 bits per heavy atom. The predicted molar refractivity (Wildman–Crippen MR) is 101 cm³/mol. The van der Waals surface area contributed by atoms with Crippen LogP contribution in [0, 0.1) is 13.8 Å². The summed E-state index contributed by atoms with van der Waals surface area (Å²) in [5.74, 6) is -0.283. The zero-order valence-electron chi connectivity index (χ0n) is 16.6. The maximum absolute atomic E-state index is 13.0. The number of nitrogens with zero attached hydrogens (tertiary/aromatic N) is 1. The zero-order valence-corrected chi connectivity index (χ0v) is 16.6. The molecule has 1 saturated heterocycles. The normalized spacial score (nSPS) is 16.1. The molecule has 0 radical (unpaired) electrons. The van der Waals surface area contributed by atoms with Crippen molar-refractivity contribution < 1.29 is 28.4 Å². The Balaban J connectivity index is 1.67. The highest BCUT2D eigenvalue weighted by Gasteiger charge is 2.34. The van der Waals surface area contributed by atoms with Crippen LogP contribution in [0.3, 0.4) is 0 Å². The lowest BCUT2D eigenvalue weighted by molar-refractivity contribution is -0.917. The molecule has 1 aliphatic heterocycles. The second-order valence-corrected chi connectivity index (χ2v) is 7.13. The van der Waals surface area contributed by atoms with Gasteiger partial charge in [0.25, 0.3) is 5.91 Å². The maximum Gasteiger partial charge on any atom is 0.339 e. The molecule has 0 bridgehead atoms. The van der Waals surface area contributed by atoms with Crippen LogP contribution < -0.4 is 4.90 Å². The van der Waals surface area contributed by atoms with Crippen molar-refractivity contribution in [3.05, 3.63) is 46.7 Å². The van der Waals surface area contributed by atoms with E-state index in [-0.39, 0.29) is 17.7 Å². The van der Waals surface area contributed by atoms with E-state index in [0.29, 0.717) is 54.5 Å². The number of hydrogen-bond donors (Lipinski definition) is 2. The molecule has 0 unspecified atom stereocenters. The molecule has 1 atom stereocenters. The molecule has 1 aliphatic rings. The van der Waals surface area contributed by atoms with Gasteiger partial charge in [-0.1, -0.05) is 0 Å². The van der Waals surface area contributed by atoms with Crippen LogP contribution >= 0.6 is 0 Å². The molecule has 1 fully saturated rings. The minimum Gasteiger partial charge on any atom is -0.465 e. The summed E-state index contributed by atoms with van der Waals surface area (Å²) in [4.78, 5) is 43.3. The molecule has 1 amide bonds. The minimum atomic E-state index is -0.449. The summed E-state index contributed by atoms with van der Waals surface area (Å²) in [7, 11) is 1.33. The Kier molecular flexibility index (Phi) is 5.69. The number of rotatable bonds is 5. The summed E-state index contributed by atoms with van der Waals surface area (Å²) in [6.45, 7) is 7.85. The van der Waals surface area contributed by atoms with Gasteiger partial charge in [0.1, 0.15) is 0 Å². The van der Waals surface area contributed by atoms with E-state index in [1.54, 1.807) is 30.9 Å². The van der Waals surface area contributed by atoms with Gasteiger partial charge in [-0.25, -0.2) is 4.79 Å². The molecule has 3 rings (SSSR count). The van der Waals surface area contributed by atoms with Gasteiger partial charge < -0.3 is 23.9 Å². The van der Waals surface area contributed by atoms with E-state index in [4.69, 9.17) is 9.15 Å². The summed E-state index contributed by atoms with van der Waals surface area (Å²) in [6, 6.07) is 3.06. The fourth-order valence-corrected chi connectivity index (χ4v) is 3.79. The second-order valence-electron chi connectivity index (χ2n) is 7.13. The van der Waals surface area contributed by atoms with Crippen LogP contribution in [-0.2, 0) is 4.74 Å². The summed E-state index contributed by atoms with van der Waals surface area (Å²) >= 11 is 0. The van der Waals surface area contributed by atoms with E-state index in [1.807, 2.05) is 6.92 Å². The number of furan rings is 1. The number of ketones is 1. The molecule has 2 aromatic heterocycles. The second kappa shape index (κ2) is 8.02. The van der Waals surface area contributed by atoms with Gasteiger partial charge in [0.05, 0.1) is 50.8 Å². The van der Waals surface area contributed by atoms with E-state index < -0.39 is 5.97 Å². The summed E-state index contributed by atoms with van der Waals surface area (Å²) < 4.78 is 9.99. The molecule has 0 aromatic carbocycles. The minimum absolute atomic E-state index is 0.0448. The van der Waals surface area contributed by atoms with Crippen molar-refractivity contribution in [3.8, 4) is 0 Å². The number of quaternary nitrogens is 1. The Hall–Kier alpha value is -2.87. The van der Waals surface area contributed by atoms with Crippen molar-refractivity contribution in [2.75, 3.05) is 33.3 Å². The molecule has 2 aromatic rings. The van der Waals surface area contributed by atoms with Gasteiger partial charge in [0.2, 0.25) is 5.78 Å². The first-order valence-corrected chi connectivity index (χ1v) is 9.34. The van der Waals surface area contributed by atoms with Crippen LogP contribution in [0.2, 0.25) is 0 Å². The van der Waals surface area contributed by atoms with Crippen LogP contribution in [0.4, 0.5) is 0 Å². The van der Waals surface area contributed by atoms with Crippen LogP contribution in [0.1, 0.15) is 49.6 Å². The molecular weight excluding hydrogens is 362 g/mol. The van der Waals surface area contributed by atoms with E-state index >= 15 is 0 Å². The molecular formula is C20H26N3O5+. The van der Waals surface area contributed by atoms with Crippen molar-refractivity contribution >= 4 is 17.7 Å². The van der Waals surface area contributed by atoms with Crippen LogP contribution in [0.15, 0.2) is 22.8 Å². The van der Waals surface area contributed by atoms with E-state index in [1.165, 1.54) is 13.4 Å². The van der Waals surface area contributed by atoms with Crippen molar-refractivity contribution in [3.63, 3.8) is 0 Å². The van der Waals surface area contributed by atoms with Crippen molar-refractivity contribution in [1.29, 1.82) is 0 Å². The topological polar surface area (TPSA) is 97.0 Å². The molecule has 0 spiro atoms. The van der Waals surface area contributed by atoms with Gasteiger partial charge in [0.15, 0.2) is 11.8 Å². The van der Waals surface area contributed by atoms with Gasteiger partial charge in [-0.05, 0) is 38.5 Å². The fraction of sp³-hybridized carbons (Fsp3) is 0.450. The largest absolute Gasteiger partial charge is 0.465 e. The highest BCUT2D eigenvalue weighted by atomic mass is 16.5. The maximum atomic E-state index is 13.0. The smallest absolute Gasteiger partial charge is 0.339 e. The van der Waals surface area contributed by atoms with Gasteiger partial charge in [0, 0.05) is 5.69 Å². The molecule has 150 valence electrons. The van der Waals surface area contributed by atoms with E-state index in [9.17, 15) is 14.4 Å².